The van der Waals surface area contributed by atoms with Crippen molar-refractivity contribution in [3.8, 4) is 5.75 Å². The average molecular weight is 347 g/mol. The van der Waals surface area contributed by atoms with E-state index in [4.69, 9.17) is 14.4 Å². The second-order valence-corrected chi connectivity index (χ2v) is 6.14. The Labute approximate surface area is 145 Å². The summed E-state index contributed by atoms with van der Waals surface area (Å²) in [4.78, 5) is 27.2. The third-order valence-electron chi connectivity index (χ3n) is 3.57. The fraction of sp³-hybridized carbons (Fsp3) is 0.412. The van der Waals surface area contributed by atoms with Gasteiger partial charge in [-0.3, -0.25) is 9.59 Å². The van der Waals surface area contributed by atoms with Crippen molar-refractivity contribution in [1.82, 2.24) is 15.5 Å². The Hall–Kier alpha value is -2.90. The molecular formula is C17H21N3O5. The van der Waals surface area contributed by atoms with Gasteiger partial charge in [0.05, 0.1) is 5.41 Å². The summed E-state index contributed by atoms with van der Waals surface area (Å²) in [6.45, 7) is 5.22. The Kier molecular flexibility index (Phi) is 5.74. The van der Waals surface area contributed by atoms with Gasteiger partial charge in [0.25, 0.3) is 5.91 Å². The molecule has 0 unspecified atom stereocenters. The summed E-state index contributed by atoms with van der Waals surface area (Å²) in [5.41, 5.74) is -0.609. The number of amides is 1. The Balaban J connectivity index is 1.88. The number of ether oxygens (including phenoxy) is 1. The molecule has 0 atom stereocenters. The molecule has 0 aliphatic carbocycles. The summed E-state index contributed by atoms with van der Waals surface area (Å²) in [6.07, 6.45) is 0.662. The summed E-state index contributed by atoms with van der Waals surface area (Å²) in [6, 6.07) is 6.51. The summed E-state index contributed by atoms with van der Waals surface area (Å²) in [5.74, 6) is 0.255. The van der Waals surface area contributed by atoms with Gasteiger partial charge in [-0.1, -0.05) is 12.1 Å². The minimum atomic E-state index is -1.03. The van der Waals surface area contributed by atoms with Crippen LogP contribution in [0, 0.1) is 5.41 Å². The molecule has 0 spiro atoms. The number of aryl methyl sites for hydroxylation is 1. The molecule has 1 heterocycles. The fourth-order valence-electron chi connectivity index (χ4n) is 1.82. The standard InChI is InChI=1S/C17H21N3O5/c1-4-14-19-13(20-25-14)9-24-12-7-5-11(6-8-12)15(21)18-10-17(2,3)16(22)23/h5-8H,4,9-10H2,1-3H3,(H,18,21)(H,22,23). The van der Waals surface area contributed by atoms with Crippen molar-refractivity contribution in [2.24, 2.45) is 5.41 Å². The van der Waals surface area contributed by atoms with E-state index in [1.165, 1.54) is 0 Å². The predicted molar refractivity (Wildman–Crippen MR) is 88.2 cm³/mol. The monoisotopic (exact) mass is 347 g/mol. The van der Waals surface area contributed by atoms with Gasteiger partial charge in [-0.2, -0.15) is 4.98 Å². The molecule has 0 aliphatic rings. The first kappa shape index (κ1) is 18.4. The molecule has 8 nitrogen and oxygen atoms in total. The van der Waals surface area contributed by atoms with E-state index in [0.29, 0.717) is 29.4 Å². The van der Waals surface area contributed by atoms with Gasteiger partial charge in [0.1, 0.15) is 5.75 Å². The minimum absolute atomic E-state index is 0.0387. The molecule has 0 saturated carbocycles. The second kappa shape index (κ2) is 7.78. The summed E-state index contributed by atoms with van der Waals surface area (Å²) >= 11 is 0. The Morgan fingerprint density at radius 3 is 2.52 bits per heavy atom. The van der Waals surface area contributed by atoms with E-state index in [1.54, 1.807) is 38.1 Å². The molecule has 1 aromatic carbocycles. The van der Waals surface area contributed by atoms with Crippen LogP contribution in [0.25, 0.3) is 0 Å². The first-order valence-electron chi connectivity index (χ1n) is 7.87. The van der Waals surface area contributed by atoms with Crippen molar-refractivity contribution in [3.63, 3.8) is 0 Å². The number of nitrogens with zero attached hydrogens (tertiary/aromatic N) is 2. The number of carboxylic acids is 1. The van der Waals surface area contributed by atoms with Gasteiger partial charge in [-0.05, 0) is 38.1 Å². The number of carbonyl (C=O) groups excluding carboxylic acids is 1. The van der Waals surface area contributed by atoms with Gasteiger partial charge in [-0.15, -0.1) is 0 Å². The largest absolute Gasteiger partial charge is 0.485 e. The van der Waals surface area contributed by atoms with Crippen molar-refractivity contribution in [1.29, 1.82) is 0 Å². The number of benzene rings is 1. The van der Waals surface area contributed by atoms with Crippen LogP contribution in [0.15, 0.2) is 28.8 Å². The highest BCUT2D eigenvalue weighted by Crippen LogP contribution is 2.16. The van der Waals surface area contributed by atoms with Gasteiger partial charge in [0.15, 0.2) is 6.61 Å². The minimum Gasteiger partial charge on any atom is -0.485 e. The van der Waals surface area contributed by atoms with Crippen LogP contribution in [0.2, 0.25) is 0 Å². The van der Waals surface area contributed by atoms with Crippen LogP contribution in [0.3, 0.4) is 0 Å². The van der Waals surface area contributed by atoms with Gasteiger partial charge >= 0.3 is 5.97 Å². The number of rotatable bonds is 8. The highest BCUT2D eigenvalue weighted by molar-refractivity contribution is 5.94. The lowest BCUT2D eigenvalue weighted by molar-refractivity contribution is -0.146. The number of aliphatic carboxylic acids is 1. The Morgan fingerprint density at radius 1 is 1.28 bits per heavy atom. The maximum absolute atomic E-state index is 12.1. The number of hydrogen-bond acceptors (Lipinski definition) is 6. The van der Waals surface area contributed by atoms with Crippen LogP contribution < -0.4 is 10.1 Å². The summed E-state index contributed by atoms with van der Waals surface area (Å²) in [5, 5.41) is 15.4. The van der Waals surface area contributed by atoms with Crippen molar-refractivity contribution in [2.45, 2.75) is 33.8 Å². The van der Waals surface area contributed by atoms with Gasteiger partial charge in [0.2, 0.25) is 11.7 Å². The molecule has 0 fully saturated rings. The number of nitrogens with one attached hydrogen (secondary N) is 1. The lowest BCUT2D eigenvalue weighted by atomic mass is 9.94. The molecule has 2 rings (SSSR count). The number of carboxylic acid groups (broad SMARTS) is 1. The molecule has 0 radical (unpaired) electrons. The van der Waals surface area contributed by atoms with Gasteiger partial charge < -0.3 is 19.7 Å². The smallest absolute Gasteiger partial charge is 0.310 e. The van der Waals surface area contributed by atoms with Crippen LogP contribution in [-0.2, 0) is 17.8 Å². The molecule has 1 aromatic heterocycles. The Morgan fingerprint density at radius 2 is 1.96 bits per heavy atom. The highest BCUT2D eigenvalue weighted by atomic mass is 16.5. The lowest BCUT2D eigenvalue weighted by Crippen LogP contribution is -2.38. The highest BCUT2D eigenvalue weighted by Gasteiger charge is 2.27. The molecular weight excluding hydrogens is 326 g/mol. The molecule has 2 aromatic rings. The van der Waals surface area contributed by atoms with Crippen LogP contribution in [0.1, 0.15) is 42.8 Å². The second-order valence-electron chi connectivity index (χ2n) is 6.14. The molecule has 0 aliphatic heterocycles. The molecule has 2 N–H and O–H groups in total. The fourth-order valence-corrected chi connectivity index (χ4v) is 1.82. The number of carbonyl (C=O) groups is 2. The topological polar surface area (TPSA) is 115 Å². The van der Waals surface area contributed by atoms with Gasteiger partial charge in [0, 0.05) is 18.5 Å². The lowest BCUT2D eigenvalue weighted by Gasteiger charge is -2.19. The summed E-state index contributed by atoms with van der Waals surface area (Å²) in [7, 11) is 0. The quantitative estimate of drug-likeness (QED) is 0.751. The normalized spacial score (nSPS) is 11.2. The average Bonchev–Trinajstić information content (AvgIpc) is 3.06. The van der Waals surface area contributed by atoms with Crippen molar-refractivity contribution >= 4 is 11.9 Å². The van der Waals surface area contributed by atoms with Crippen molar-refractivity contribution in [2.75, 3.05) is 6.54 Å². The molecule has 0 bridgehead atoms. The van der Waals surface area contributed by atoms with Crippen molar-refractivity contribution < 1.29 is 24.0 Å². The molecule has 8 heteroatoms. The third-order valence-corrected chi connectivity index (χ3v) is 3.57. The molecule has 134 valence electrons. The van der Waals surface area contributed by atoms with E-state index < -0.39 is 11.4 Å². The number of hydrogen-bond donors (Lipinski definition) is 2. The van der Waals surface area contributed by atoms with E-state index in [9.17, 15) is 9.59 Å². The maximum atomic E-state index is 12.1. The molecule has 0 saturated heterocycles. The predicted octanol–water partition coefficient (Wildman–Crippen LogP) is 2.05. The Bertz CT molecular complexity index is 737. The third kappa shape index (κ3) is 5.03. The van der Waals surface area contributed by atoms with Crippen LogP contribution in [-0.4, -0.2) is 33.7 Å². The van der Waals surface area contributed by atoms with Gasteiger partial charge in [-0.25, -0.2) is 0 Å². The maximum Gasteiger partial charge on any atom is 0.310 e. The zero-order chi connectivity index (χ0) is 18.4. The van der Waals surface area contributed by atoms with E-state index in [0.717, 1.165) is 0 Å². The number of aromatic nitrogens is 2. The molecule has 25 heavy (non-hydrogen) atoms. The SMILES string of the molecule is CCc1nc(COc2ccc(C(=O)NCC(C)(C)C(=O)O)cc2)no1. The van der Waals surface area contributed by atoms with Crippen LogP contribution in [0.4, 0.5) is 0 Å². The van der Waals surface area contributed by atoms with Crippen molar-refractivity contribution in [3.05, 3.63) is 41.5 Å². The van der Waals surface area contributed by atoms with Crippen LogP contribution >= 0.6 is 0 Å². The zero-order valence-electron chi connectivity index (χ0n) is 14.4. The first-order chi connectivity index (χ1) is 11.8. The van der Waals surface area contributed by atoms with E-state index in [1.807, 2.05) is 6.92 Å². The summed E-state index contributed by atoms with van der Waals surface area (Å²) < 4.78 is 10.5. The molecule has 1 amide bonds. The van der Waals surface area contributed by atoms with E-state index >= 15 is 0 Å². The van der Waals surface area contributed by atoms with E-state index in [2.05, 4.69) is 15.5 Å². The first-order valence-corrected chi connectivity index (χ1v) is 7.87. The zero-order valence-corrected chi connectivity index (χ0v) is 14.4. The van der Waals surface area contributed by atoms with E-state index in [-0.39, 0.29) is 19.1 Å². The van der Waals surface area contributed by atoms with Crippen LogP contribution in [0.5, 0.6) is 5.75 Å².